The molecule has 1 N–H and O–H groups in total. The van der Waals surface area contributed by atoms with Crippen LogP contribution in [0.2, 0.25) is 0 Å². The average molecular weight is 303 g/mol. The molecule has 1 aromatic rings. The highest BCUT2D eigenvalue weighted by Gasteiger charge is 2.33. The fourth-order valence-corrected chi connectivity index (χ4v) is 5.03. The van der Waals surface area contributed by atoms with Crippen LogP contribution in [0.4, 0.5) is 0 Å². The van der Waals surface area contributed by atoms with Gasteiger partial charge in [-0.3, -0.25) is 0 Å². The van der Waals surface area contributed by atoms with Crippen LogP contribution < -0.4 is 5.32 Å². The van der Waals surface area contributed by atoms with Crippen LogP contribution in [-0.4, -0.2) is 57.9 Å². The van der Waals surface area contributed by atoms with Gasteiger partial charge in [0.2, 0.25) is 10.0 Å². The van der Waals surface area contributed by atoms with Crippen molar-refractivity contribution in [3.8, 4) is 0 Å². The van der Waals surface area contributed by atoms with Gasteiger partial charge in [-0.1, -0.05) is 0 Å². The largest absolute Gasteiger partial charge is 0.315 e. The molecule has 1 atom stereocenters. The summed E-state index contributed by atoms with van der Waals surface area (Å²) in [4.78, 5) is 3.57. The van der Waals surface area contributed by atoms with Crippen molar-refractivity contribution in [3.63, 3.8) is 0 Å². The number of likely N-dealkylation sites (N-methyl/N-ethyl adjacent to an activating group) is 1. The van der Waals surface area contributed by atoms with Gasteiger partial charge >= 0.3 is 0 Å². The van der Waals surface area contributed by atoms with Gasteiger partial charge in [0, 0.05) is 35.9 Å². The molecule has 1 fully saturated rings. The van der Waals surface area contributed by atoms with Crippen molar-refractivity contribution in [1.82, 2.24) is 14.5 Å². The summed E-state index contributed by atoms with van der Waals surface area (Å²) in [5, 5.41) is 4.78. The molecule has 7 heteroatoms. The van der Waals surface area contributed by atoms with Gasteiger partial charge in [-0.15, -0.1) is 11.3 Å². The zero-order valence-electron chi connectivity index (χ0n) is 11.6. The lowest BCUT2D eigenvalue weighted by atomic mass is 10.2. The molecule has 0 aromatic carbocycles. The molecule has 0 amide bonds. The molecule has 19 heavy (non-hydrogen) atoms. The molecule has 0 spiro atoms. The fourth-order valence-electron chi connectivity index (χ4n) is 2.26. The standard InChI is InChI=1S/C12H21N3O2S2/c1-13-7-11-6-12(9-18-11)19(16,17)15-5-4-10(8-15)14(2)3/h6,9-10,13H,4-5,7-8H2,1-3H3. The first-order chi connectivity index (χ1) is 8.95. The number of sulfonamides is 1. The molecule has 1 aromatic heterocycles. The van der Waals surface area contributed by atoms with Crippen LogP contribution in [0.25, 0.3) is 0 Å². The highest BCUT2D eigenvalue weighted by Crippen LogP contribution is 2.26. The quantitative estimate of drug-likeness (QED) is 0.874. The Morgan fingerprint density at radius 3 is 2.84 bits per heavy atom. The van der Waals surface area contributed by atoms with Gasteiger partial charge in [-0.2, -0.15) is 4.31 Å². The van der Waals surface area contributed by atoms with Crippen LogP contribution in [-0.2, 0) is 16.6 Å². The van der Waals surface area contributed by atoms with E-state index in [0.717, 1.165) is 11.3 Å². The van der Waals surface area contributed by atoms with E-state index in [1.54, 1.807) is 15.8 Å². The third kappa shape index (κ3) is 3.17. The molecule has 0 saturated carbocycles. The summed E-state index contributed by atoms with van der Waals surface area (Å²) in [6.07, 6.45) is 0.903. The van der Waals surface area contributed by atoms with E-state index >= 15 is 0 Å². The van der Waals surface area contributed by atoms with Crippen molar-refractivity contribution < 1.29 is 8.42 Å². The molecule has 1 saturated heterocycles. The summed E-state index contributed by atoms with van der Waals surface area (Å²) in [6, 6.07) is 2.10. The van der Waals surface area contributed by atoms with E-state index in [1.165, 1.54) is 11.3 Å². The normalized spacial score (nSPS) is 21.4. The van der Waals surface area contributed by atoms with Gasteiger partial charge in [-0.05, 0) is 33.6 Å². The Morgan fingerprint density at radius 1 is 1.53 bits per heavy atom. The molecule has 0 radical (unpaired) electrons. The SMILES string of the molecule is CNCc1cc(S(=O)(=O)N2CCC(N(C)C)C2)cs1. The van der Waals surface area contributed by atoms with Crippen molar-refractivity contribution >= 4 is 21.4 Å². The smallest absolute Gasteiger partial charge is 0.243 e. The summed E-state index contributed by atoms with van der Waals surface area (Å²) in [5.41, 5.74) is 0. The topological polar surface area (TPSA) is 52.7 Å². The van der Waals surface area contributed by atoms with Crippen LogP contribution in [0.5, 0.6) is 0 Å². The van der Waals surface area contributed by atoms with E-state index in [2.05, 4.69) is 10.2 Å². The maximum Gasteiger partial charge on any atom is 0.243 e. The summed E-state index contributed by atoms with van der Waals surface area (Å²) >= 11 is 1.49. The minimum Gasteiger partial charge on any atom is -0.315 e. The second kappa shape index (κ2) is 5.88. The highest BCUT2D eigenvalue weighted by atomic mass is 32.2. The van der Waals surface area contributed by atoms with Crippen molar-refractivity contribution in [2.24, 2.45) is 0 Å². The second-order valence-electron chi connectivity index (χ2n) is 5.05. The minimum atomic E-state index is -3.31. The first-order valence-electron chi connectivity index (χ1n) is 6.33. The van der Waals surface area contributed by atoms with Crippen molar-refractivity contribution in [1.29, 1.82) is 0 Å². The molecule has 2 heterocycles. The van der Waals surface area contributed by atoms with Crippen LogP contribution in [0.15, 0.2) is 16.3 Å². The summed E-state index contributed by atoms with van der Waals surface area (Å²) in [7, 11) is 2.54. The van der Waals surface area contributed by atoms with E-state index in [1.807, 2.05) is 21.1 Å². The fraction of sp³-hybridized carbons (Fsp3) is 0.667. The lowest BCUT2D eigenvalue weighted by molar-refractivity contribution is 0.302. The number of rotatable bonds is 5. The van der Waals surface area contributed by atoms with Crippen LogP contribution in [0, 0.1) is 0 Å². The minimum absolute atomic E-state index is 0.324. The zero-order valence-corrected chi connectivity index (χ0v) is 13.2. The maximum atomic E-state index is 12.5. The van der Waals surface area contributed by atoms with E-state index < -0.39 is 10.0 Å². The van der Waals surface area contributed by atoms with Gasteiger partial charge in [-0.25, -0.2) is 8.42 Å². The Balaban J connectivity index is 2.14. The van der Waals surface area contributed by atoms with Crippen LogP contribution in [0.3, 0.4) is 0 Å². The van der Waals surface area contributed by atoms with Gasteiger partial charge in [0.25, 0.3) is 0 Å². The molecule has 5 nitrogen and oxygen atoms in total. The molecule has 0 bridgehead atoms. The first-order valence-corrected chi connectivity index (χ1v) is 8.65. The lowest BCUT2D eigenvalue weighted by Crippen LogP contribution is -2.34. The third-order valence-corrected chi connectivity index (χ3v) is 6.40. The van der Waals surface area contributed by atoms with Crippen molar-refractivity contribution in [2.75, 3.05) is 34.2 Å². The predicted molar refractivity (Wildman–Crippen MR) is 77.9 cm³/mol. The molecule has 108 valence electrons. The van der Waals surface area contributed by atoms with Gasteiger partial charge in [0.05, 0.1) is 4.90 Å². The van der Waals surface area contributed by atoms with Crippen molar-refractivity contribution in [2.45, 2.75) is 23.9 Å². The Hall–Kier alpha value is -0.470. The molecule has 1 aliphatic heterocycles. The summed E-state index contributed by atoms with van der Waals surface area (Å²) < 4.78 is 26.6. The zero-order chi connectivity index (χ0) is 14.0. The maximum absolute atomic E-state index is 12.5. The number of hydrogen-bond acceptors (Lipinski definition) is 5. The Kier molecular flexibility index (Phi) is 4.62. The van der Waals surface area contributed by atoms with Gasteiger partial charge in [0.1, 0.15) is 0 Å². The van der Waals surface area contributed by atoms with Crippen molar-refractivity contribution in [3.05, 3.63) is 16.3 Å². The summed E-state index contributed by atoms with van der Waals surface area (Å²) in [6.45, 7) is 1.91. The van der Waals surface area contributed by atoms with Gasteiger partial charge in [0.15, 0.2) is 0 Å². The lowest BCUT2D eigenvalue weighted by Gasteiger charge is -2.19. The molecular formula is C12H21N3O2S2. The number of nitrogens with zero attached hydrogens (tertiary/aromatic N) is 2. The molecule has 1 unspecified atom stereocenters. The Morgan fingerprint density at radius 2 is 2.26 bits per heavy atom. The number of thiophene rings is 1. The van der Waals surface area contributed by atoms with E-state index in [0.29, 0.717) is 30.6 Å². The monoisotopic (exact) mass is 303 g/mol. The van der Waals surface area contributed by atoms with E-state index in [-0.39, 0.29) is 0 Å². The molecule has 2 rings (SSSR count). The van der Waals surface area contributed by atoms with Gasteiger partial charge < -0.3 is 10.2 Å². The second-order valence-corrected chi connectivity index (χ2v) is 7.98. The Bertz CT molecular complexity index is 525. The average Bonchev–Trinajstić information content (AvgIpc) is 2.98. The first kappa shape index (κ1) is 14.9. The number of hydrogen-bond donors (Lipinski definition) is 1. The molecule has 1 aliphatic rings. The third-order valence-electron chi connectivity index (χ3n) is 3.47. The number of nitrogens with one attached hydrogen (secondary N) is 1. The summed E-state index contributed by atoms with van der Waals surface area (Å²) in [5.74, 6) is 0. The van der Waals surface area contributed by atoms with E-state index in [9.17, 15) is 8.42 Å². The van der Waals surface area contributed by atoms with E-state index in [4.69, 9.17) is 0 Å². The predicted octanol–water partition coefficient (Wildman–Crippen LogP) is 0.792. The highest BCUT2D eigenvalue weighted by molar-refractivity contribution is 7.89. The molecular weight excluding hydrogens is 282 g/mol. The molecule has 0 aliphatic carbocycles. The van der Waals surface area contributed by atoms with Crippen LogP contribution >= 0.6 is 11.3 Å². The van der Waals surface area contributed by atoms with Crippen LogP contribution in [0.1, 0.15) is 11.3 Å². The Labute approximate surface area is 119 Å².